The predicted octanol–water partition coefficient (Wildman–Crippen LogP) is 7.67. The number of hydrogen-bond acceptors (Lipinski definition) is 3. The third kappa shape index (κ3) is 6.13. The summed E-state index contributed by atoms with van der Waals surface area (Å²) in [6.07, 6.45) is 0. The molecule has 1 amide bonds. The molecule has 202 valence electrons. The summed E-state index contributed by atoms with van der Waals surface area (Å²) in [5.41, 5.74) is 7.57. The Hall–Kier alpha value is -4.28. The number of likely N-dealkylation sites (N-methyl/N-ethyl adjacent to an activating group) is 1. The molecule has 1 unspecified atom stereocenters. The fourth-order valence-corrected chi connectivity index (χ4v) is 5.48. The molecule has 0 aliphatic rings. The molecule has 1 heterocycles. The molecular weight excluding hydrogens is 490 g/mol. The number of aromatic nitrogens is 1. The SMILES string of the molecule is CCN(CC)C(=O)CN(Cc1ccccc1)C(c1ccccc1)c1cc2cc(C)ccc2nc1-c1ccccc1. The van der Waals surface area contributed by atoms with Gasteiger partial charge in [0.15, 0.2) is 0 Å². The van der Waals surface area contributed by atoms with Crippen molar-refractivity contribution < 1.29 is 4.79 Å². The number of pyridine rings is 1. The van der Waals surface area contributed by atoms with Crippen LogP contribution in [-0.4, -0.2) is 40.3 Å². The number of fused-ring (bicyclic) bond motifs is 1. The number of amides is 1. The van der Waals surface area contributed by atoms with Crippen molar-refractivity contribution >= 4 is 16.8 Å². The highest BCUT2D eigenvalue weighted by Gasteiger charge is 2.29. The van der Waals surface area contributed by atoms with Gasteiger partial charge < -0.3 is 4.90 Å². The zero-order valence-electron chi connectivity index (χ0n) is 23.6. The summed E-state index contributed by atoms with van der Waals surface area (Å²) in [7, 11) is 0. The second-order valence-electron chi connectivity index (χ2n) is 10.3. The number of rotatable bonds is 10. The molecule has 40 heavy (non-hydrogen) atoms. The van der Waals surface area contributed by atoms with Crippen LogP contribution in [0.2, 0.25) is 0 Å². The number of carbonyl (C=O) groups excluding carboxylic acids is 1. The van der Waals surface area contributed by atoms with Gasteiger partial charge in [0.2, 0.25) is 5.91 Å². The molecule has 4 aromatic carbocycles. The van der Waals surface area contributed by atoms with Crippen molar-refractivity contribution in [3.05, 3.63) is 138 Å². The number of carbonyl (C=O) groups is 1. The van der Waals surface area contributed by atoms with Gasteiger partial charge in [0, 0.05) is 36.1 Å². The Balaban J connectivity index is 1.74. The van der Waals surface area contributed by atoms with Crippen LogP contribution >= 0.6 is 0 Å². The van der Waals surface area contributed by atoms with Gasteiger partial charge in [-0.15, -0.1) is 0 Å². The molecule has 0 saturated carbocycles. The lowest BCUT2D eigenvalue weighted by atomic mass is 9.91. The maximum Gasteiger partial charge on any atom is 0.236 e. The molecule has 1 atom stereocenters. The Kier molecular flexibility index (Phi) is 8.68. The van der Waals surface area contributed by atoms with Crippen molar-refractivity contribution in [2.24, 2.45) is 0 Å². The van der Waals surface area contributed by atoms with E-state index in [0.29, 0.717) is 26.2 Å². The van der Waals surface area contributed by atoms with Crippen molar-refractivity contribution in [1.29, 1.82) is 0 Å². The van der Waals surface area contributed by atoms with E-state index in [1.807, 2.05) is 36.9 Å². The number of benzene rings is 4. The highest BCUT2D eigenvalue weighted by Crippen LogP contribution is 2.38. The maximum absolute atomic E-state index is 13.7. The van der Waals surface area contributed by atoms with Gasteiger partial charge in [0.1, 0.15) is 0 Å². The first-order chi connectivity index (χ1) is 19.6. The van der Waals surface area contributed by atoms with Gasteiger partial charge in [-0.05, 0) is 50.1 Å². The molecule has 0 radical (unpaired) electrons. The fraction of sp³-hybridized carbons (Fsp3) is 0.222. The lowest BCUT2D eigenvalue weighted by Crippen LogP contribution is -2.42. The molecule has 0 saturated heterocycles. The molecular formula is C36H37N3O. The molecule has 0 bridgehead atoms. The highest BCUT2D eigenvalue weighted by atomic mass is 16.2. The van der Waals surface area contributed by atoms with Crippen LogP contribution in [0.15, 0.2) is 115 Å². The maximum atomic E-state index is 13.7. The zero-order chi connectivity index (χ0) is 27.9. The van der Waals surface area contributed by atoms with Gasteiger partial charge in [-0.1, -0.05) is 103 Å². The molecule has 1 aromatic heterocycles. The van der Waals surface area contributed by atoms with Crippen LogP contribution in [0, 0.1) is 6.92 Å². The summed E-state index contributed by atoms with van der Waals surface area (Å²) in [6.45, 7) is 8.52. The lowest BCUT2D eigenvalue weighted by molar-refractivity contribution is -0.132. The van der Waals surface area contributed by atoms with E-state index in [1.54, 1.807) is 0 Å². The van der Waals surface area contributed by atoms with E-state index >= 15 is 0 Å². The second kappa shape index (κ2) is 12.7. The summed E-state index contributed by atoms with van der Waals surface area (Å²) in [5, 5.41) is 1.10. The number of nitrogens with zero attached hydrogens (tertiary/aromatic N) is 3. The molecule has 0 fully saturated rings. The van der Waals surface area contributed by atoms with Crippen LogP contribution in [0.5, 0.6) is 0 Å². The quantitative estimate of drug-likeness (QED) is 0.187. The average Bonchev–Trinajstić information content (AvgIpc) is 2.99. The van der Waals surface area contributed by atoms with Crippen LogP contribution < -0.4 is 0 Å². The van der Waals surface area contributed by atoms with Crippen LogP contribution in [0.25, 0.3) is 22.2 Å². The van der Waals surface area contributed by atoms with Gasteiger partial charge in [0.05, 0.1) is 23.8 Å². The molecule has 0 N–H and O–H groups in total. The van der Waals surface area contributed by atoms with Crippen molar-refractivity contribution in [3.63, 3.8) is 0 Å². The zero-order valence-corrected chi connectivity index (χ0v) is 23.6. The van der Waals surface area contributed by atoms with Crippen molar-refractivity contribution in [3.8, 4) is 11.3 Å². The van der Waals surface area contributed by atoms with E-state index in [4.69, 9.17) is 4.98 Å². The summed E-state index contributed by atoms with van der Waals surface area (Å²) >= 11 is 0. The van der Waals surface area contributed by atoms with E-state index in [0.717, 1.165) is 33.3 Å². The lowest BCUT2D eigenvalue weighted by Gasteiger charge is -2.35. The van der Waals surface area contributed by atoms with Crippen molar-refractivity contribution in [2.45, 2.75) is 33.4 Å². The van der Waals surface area contributed by atoms with Gasteiger partial charge in [-0.2, -0.15) is 0 Å². The minimum Gasteiger partial charge on any atom is -0.342 e. The van der Waals surface area contributed by atoms with E-state index in [9.17, 15) is 4.79 Å². The Morgan fingerprint density at radius 2 is 1.40 bits per heavy atom. The molecule has 4 heteroatoms. The standard InChI is InChI=1S/C36H37N3O/c1-4-38(5-2)34(40)26-39(25-28-15-9-6-10-16-28)36(30-19-13-8-14-20-30)32-24-31-23-27(3)21-22-33(31)37-35(32)29-17-11-7-12-18-29/h6-24,36H,4-5,25-26H2,1-3H3. The minimum atomic E-state index is -0.187. The monoisotopic (exact) mass is 527 g/mol. The van der Waals surface area contributed by atoms with Crippen LogP contribution in [0.1, 0.15) is 42.1 Å². The predicted molar refractivity (Wildman–Crippen MR) is 165 cm³/mol. The largest absolute Gasteiger partial charge is 0.342 e. The Bertz CT molecular complexity index is 1550. The van der Waals surface area contributed by atoms with Crippen LogP contribution in [0.4, 0.5) is 0 Å². The van der Waals surface area contributed by atoms with Crippen LogP contribution in [0.3, 0.4) is 0 Å². The van der Waals surface area contributed by atoms with Crippen molar-refractivity contribution in [1.82, 2.24) is 14.8 Å². The molecule has 0 aliphatic heterocycles. The fourth-order valence-electron chi connectivity index (χ4n) is 5.48. The van der Waals surface area contributed by atoms with Crippen molar-refractivity contribution in [2.75, 3.05) is 19.6 Å². The molecule has 0 aliphatic carbocycles. The van der Waals surface area contributed by atoms with E-state index < -0.39 is 0 Å². The Morgan fingerprint density at radius 1 is 0.775 bits per heavy atom. The Labute approximate surface area is 237 Å². The molecule has 5 rings (SSSR count). The summed E-state index contributed by atoms with van der Waals surface area (Å²) in [5.74, 6) is 0.132. The Morgan fingerprint density at radius 3 is 2.05 bits per heavy atom. The van der Waals surface area contributed by atoms with E-state index in [-0.39, 0.29) is 11.9 Å². The van der Waals surface area contributed by atoms with Gasteiger partial charge in [-0.3, -0.25) is 9.69 Å². The average molecular weight is 528 g/mol. The van der Waals surface area contributed by atoms with Gasteiger partial charge in [0.25, 0.3) is 0 Å². The summed E-state index contributed by atoms with van der Waals surface area (Å²) < 4.78 is 0. The first-order valence-electron chi connectivity index (χ1n) is 14.1. The van der Waals surface area contributed by atoms with Crippen LogP contribution in [-0.2, 0) is 11.3 Å². The molecule has 4 nitrogen and oxygen atoms in total. The first-order valence-corrected chi connectivity index (χ1v) is 14.1. The van der Waals surface area contributed by atoms with E-state index in [1.165, 1.54) is 11.1 Å². The van der Waals surface area contributed by atoms with E-state index in [2.05, 4.69) is 109 Å². The third-order valence-electron chi connectivity index (χ3n) is 7.50. The smallest absolute Gasteiger partial charge is 0.236 e. The van der Waals surface area contributed by atoms with Gasteiger partial charge >= 0.3 is 0 Å². The summed E-state index contributed by atoms with van der Waals surface area (Å²) in [4.78, 5) is 23.1. The topological polar surface area (TPSA) is 36.4 Å². The molecule has 0 spiro atoms. The highest BCUT2D eigenvalue weighted by molar-refractivity contribution is 5.85. The number of hydrogen-bond donors (Lipinski definition) is 0. The number of aryl methyl sites for hydroxylation is 1. The van der Waals surface area contributed by atoms with Gasteiger partial charge in [-0.25, -0.2) is 4.98 Å². The first kappa shape index (κ1) is 27.3. The normalized spacial score (nSPS) is 12.0. The molecule has 5 aromatic rings. The second-order valence-corrected chi connectivity index (χ2v) is 10.3. The third-order valence-corrected chi connectivity index (χ3v) is 7.50. The minimum absolute atomic E-state index is 0.132. The summed E-state index contributed by atoms with van der Waals surface area (Å²) in [6, 6.07) is 39.9.